The number of sulfone groups is 1. The van der Waals surface area contributed by atoms with E-state index in [0.717, 1.165) is 36.8 Å². The molecule has 3 rings (SSSR count). The third-order valence-electron chi connectivity index (χ3n) is 5.73. The van der Waals surface area contributed by atoms with Crippen LogP contribution < -0.4 is 10.6 Å². The van der Waals surface area contributed by atoms with Crippen LogP contribution in [0.2, 0.25) is 0 Å². The lowest BCUT2D eigenvalue weighted by Crippen LogP contribution is -2.37. The smallest absolute Gasteiger partial charge is 0.319 e. The molecule has 0 spiro atoms. The molecule has 2 N–H and O–H groups in total. The predicted molar refractivity (Wildman–Crippen MR) is 131 cm³/mol. The number of carbonyl (C=O) groups is 1. The summed E-state index contributed by atoms with van der Waals surface area (Å²) in [7, 11) is -3.48. The number of allylic oxidation sites excluding steroid dienone is 2. The Balaban J connectivity index is 1.63. The number of anilines is 1. The van der Waals surface area contributed by atoms with E-state index < -0.39 is 9.84 Å². The zero-order valence-electron chi connectivity index (χ0n) is 19.0. The van der Waals surface area contributed by atoms with Crippen LogP contribution in [-0.4, -0.2) is 20.5 Å². The van der Waals surface area contributed by atoms with Crippen LogP contribution in [0.5, 0.6) is 0 Å². The Labute approximate surface area is 191 Å². The Hall–Kier alpha value is -2.86. The van der Waals surface area contributed by atoms with E-state index >= 15 is 0 Å². The first-order valence-corrected chi connectivity index (χ1v) is 12.8. The van der Waals surface area contributed by atoms with E-state index in [1.54, 1.807) is 24.3 Å². The van der Waals surface area contributed by atoms with Gasteiger partial charge in [0.05, 0.1) is 16.7 Å². The Kier molecular flexibility index (Phi) is 7.91. The van der Waals surface area contributed by atoms with Crippen LogP contribution in [0, 0.1) is 0 Å². The summed E-state index contributed by atoms with van der Waals surface area (Å²) in [6, 6.07) is 11.8. The van der Waals surface area contributed by atoms with Gasteiger partial charge in [-0.3, -0.25) is 0 Å². The third kappa shape index (κ3) is 6.10. The van der Waals surface area contributed by atoms with E-state index in [-0.39, 0.29) is 22.7 Å². The zero-order chi connectivity index (χ0) is 23.1. The van der Waals surface area contributed by atoms with Crippen molar-refractivity contribution in [2.24, 2.45) is 0 Å². The quantitative estimate of drug-likeness (QED) is 0.550. The molecule has 2 amide bonds. The molecule has 2 aromatic rings. The molecule has 2 aromatic carbocycles. The Morgan fingerprint density at radius 1 is 1.00 bits per heavy atom. The van der Waals surface area contributed by atoms with Gasteiger partial charge in [0.2, 0.25) is 0 Å². The van der Waals surface area contributed by atoms with Gasteiger partial charge in [-0.2, -0.15) is 0 Å². The average molecular weight is 453 g/mol. The lowest BCUT2D eigenvalue weighted by molar-refractivity contribution is 0.250. The van der Waals surface area contributed by atoms with Crippen LogP contribution in [0.15, 0.2) is 71.2 Å². The monoisotopic (exact) mass is 452 g/mol. The van der Waals surface area contributed by atoms with Gasteiger partial charge in [-0.15, -0.1) is 0 Å². The molecule has 5 nitrogen and oxygen atoms in total. The summed E-state index contributed by atoms with van der Waals surface area (Å²) in [5, 5.41) is 5.68. The lowest BCUT2D eigenvalue weighted by Gasteiger charge is -2.18. The molecule has 0 heterocycles. The number of rotatable bonds is 8. The second kappa shape index (κ2) is 10.6. The van der Waals surface area contributed by atoms with Crippen molar-refractivity contribution >= 4 is 21.6 Å². The normalized spacial score (nSPS) is 14.5. The maximum atomic E-state index is 12.9. The fourth-order valence-electron chi connectivity index (χ4n) is 3.89. The minimum atomic E-state index is -3.48. The van der Waals surface area contributed by atoms with Crippen molar-refractivity contribution in [1.29, 1.82) is 0 Å². The molecule has 0 bridgehead atoms. The number of hydrogen-bond donors (Lipinski definition) is 2. The van der Waals surface area contributed by atoms with E-state index in [2.05, 4.69) is 36.6 Å². The minimum absolute atomic E-state index is 0.0442. The molecule has 170 valence electrons. The number of aryl methyl sites for hydroxylation is 2. The molecule has 1 aliphatic rings. The highest BCUT2D eigenvalue weighted by Gasteiger charge is 2.17. The third-order valence-corrected chi connectivity index (χ3v) is 7.44. The van der Waals surface area contributed by atoms with Gasteiger partial charge >= 0.3 is 6.03 Å². The number of nitrogens with one attached hydrogen (secondary N) is 2. The first kappa shape index (κ1) is 23.8. The summed E-state index contributed by atoms with van der Waals surface area (Å²) in [6.07, 6.45) is 10.1. The van der Waals surface area contributed by atoms with Gasteiger partial charge in [0.15, 0.2) is 9.84 Å². The first-order valence-electron chi connectivity index (χ1n) is 11.2. The molecule has 6 heteroatoms. The van der Waals surface area contributed by atoms with E-state index in [1.165, 1.54) is 11.1 Å². The molecule has 0 aromatic heterocycles. The Morgan fingerprint density at radius 3 is 2.34 bits per heavy atom. The summed E-state index contributed by atoms with van der Waals surface area (Å²) in [5.41, 5.74) is 4.88. The van der Waals surface area contributed by atoms with Crippen molar-refractivity contribution in [3.8, 4) is 0 Å². The highest BCUT2D eigenvalue weighted by Crippen LogP contribution is 2.21. The van der Waals surface area contributed by atoms with Gasteiger partial charge in [-0.1, -0.05) is 50.3 Å². The summed E-state index contributed by atoms with van der Waals surface area (Å²) in [4.78, 5) is 12.6. The lowest BCUT2D eigenvalue weighted by atomic mass is 10.0. The molecule has 0 aliphatic heterocycles. The molecule has 0 saturated heterocycles. The molecule has 1 atom stereocenters. The van der Waals surface area contributed by atoms with Gasteiger partial charge in [-0.05, 0) is 79.1 Å². The standard InChI is InChI=1S/C26H32N2O3S/c1-4-21-12-11-20(17-22(21)5-2)18-32(30,31)25-15-13-24(14-16-25)28-26(29)27-19(3)23-9-7-6-8-10-23/h7,9-17,19H,4-6,8,18H2,1-3H3,(H2,27,28,29)/t19-/m0/s1. The highest BCUT2D eigenvalue weighted by atomic mass is 32.2. The van der Waals surface area contributed by atoms with Crippen molar-refractivity contribution in [3.63, 3.8) is 0 Å². The van der Waals surface area contributed by atoms with Crippen molar-refractivity contribution in [2.75, 3.05) is 5.32 Å². The van der Waals surface area contributed by atoms with Gasteiger partial charge < -0.3 is 10.6 Å². The minimum Gasteiger partial charge on any atom is -0.331 e. The average Bonchev–Trinajstić information content (AvgIpc) is 2.79. The Bertz CT molecular complexity index is 1120. The first-order chi connectivity index (χ1) is 15.3. The van der Waals surface area contributed by atoms with E-state index in [0.29, 0.717) is 5.69 Å². The van der Waals surface area contributed by atoms with Gasteiger partial charge in [0.1, 0.15) is 0 Å². The molecule has 1 aliphatic carbocycles. The molecule has 0 fully saturated rings. The van der Waals surface area contributed by atoms with Crippen molar-refractivity contribution in [2.45, 2.75) is 63.1 Å². The number of benzene rings is 2. The molecule has 0 saturated carbocycles. The molecular weight excluding hydrogens is 420 g/mol. The SMILES string of the molecule is CCc1ccc(CS(=O)(=O)c2ccc(NC(=O)N[C@@H](C)C3=CCCC=C3)cc2)cc1CC. The maximum Gasteiger partial charge on any atom is 0.319 e. The van der Waals surface area contributed by atoms with E-state index in [4.69, 9.17) is 0 Å². The molecular formula is C26H32N2O3S. The van der Waals surface area contributed by atoms with E-state index in [1.807, 2.05) is 31.2 Å². The summed E-state index contributed by atoms with van der Waals surface area (Å²) in [6.45, 7) is 6.12. The second-order valence-corrected chi connectivity index (χ2v) is 10.1. The van der Waals surface area contributed by atoms with Crippen molar-refractivity contribution in [1.82, 2.24) is 5.32 Å². The molecule has 32 heavy (non-hydrogen) atoms. The maximum absolute atomic E-state index is 12.9. The van der Waals surface area contributed by atoms with E-state index in [9.17, 15) is 13.2 Å². The van der Waals surface area contributed by atoms with Crippen LogP contribution in [0.3, 0.4) is 0 Å². The molecule has 0 radical (unpaired) electrons. The van der Waals surface area contributed by atoms with Crippen LogP contribution in [-0.2, 0) is 28.4 Å². The van der Waals surface area contributed by atoms with Gasteiger partial charge in [0, 0.05) is 5.69 Å². The highest BCUT2D eigenvalue weighted by molar-refractivity contribution is 7.90. The summed E-state index contributed by atoms with van der Waals surface area (Å²) in [5.74, 6) is -0.0442. The van der Waals surface area contributed by atoms with Crippen molar-refractivity contribution < 1.29 is 13.2 Å². The van der Waals surface area contributed by atoms with Gasteiger partial charge in [-0.25, -0.2) is 13.2 Å². The van der Waals surface area contributed by atoms with Crippen molar-refractivity contribution in [3.05, 3.63) is 83.0 Å². The molecule has 0 unspecified atom stereocenters. The van der Waals surface area contributed by atoms with Crippen LogP contribution in [0.1, 0.15) is 50.3 Å². The van der Waals surface area contributed by atoms with Gasteiger partial charge in [0.25, 0.3) is 0 Å². The second-order valence-electron chi connectivity index (χ2n) is 8.10. The predicted octanol–water partition coefficient (Wildman–Crippen LogP) is 5.57. The summed E-state index contributed by atoms with van der Waals surface area (Å²) < 4.78 is 25.8. The van der Waals surface area contributed by atoms with Crippen LogP contribution in [0.25, 0.3) is 0 Å². The number of hydrogen-bond acceptors (Lipinski definition) is 3. The Morgan fingerprint density at radius 2 is 1.72 bits per heavy atom. The van der Waals surface area contributed by atoms with Crippen LogP contribution in [0.4, 0.5) is 10.5 Å². The number of urea groups is 1. The fourth-order valence-corrected chi connectivity index (χ4v) is 5.23. The largest absolute Gasteiger partial charge is 0.331 e. The number of amides is 2. The topological polar surface area (TPSA) is 75.3 Å². The number of carbonyl (C=O) groups excluding carboxylic acids is 1. The van der Waals surface area contributed by atoms with Crippen LogP contribution >= 0.6 is 0 Å². The zero-order valence-corrected chi connectivity index (χ0v) is 19.8. The summed E-state index contributed by atoms with van der Waals surface area (Å²) >= 11 is 0. The fraction of sp³-hybridized carbons (Fsp3) is 0.346.